The van der Waals surface area contributed by atoms with Crippen molar-refractivity contribution in [3.05, 3.63) is 0 Å². The van der Waals surface area contributed by atoms with Gasteiger partial charge in [-0.3, -0.25) is 9.59 Å². The summed E-state index contributed by atoms with van der Waals surface area (Å²) >= 11 is 0. The third-order valence-corrected chi connectivity index (χ3v) is 4.55. The number of aliphatic carboxylic acids is 1. The van der Waals surface area contributed by atoms with Gasteiger partial charge in [0.15, 0.2) is 0 Å². The number of hydrogen-bond acceptors (Lipinski definition) is 6. The molecule has 0 aromatic carbocycles. The maximum absolute atomic E-state index is 11.6. The molecule has 0 unspecified atom stereocenters. The lowest BCUT2D eigenvalue weighted by Gasteiger charge is -2.30. The van der Waals surface area contributed by atoms with Crippen LogP contribution < -0.4 is 5.11 Å². The third-order valence-electron chi connectivity index (χ3n) is 4.55. The van der Waals surface area contributed by atoms with Gasteiger partial charge < -0.3 is 23.9 Å². The number of hydrogen-bond donors (Lipinski definition) is 0. The Kier molecular flexibility index (Phi) is 11.4. The molecular formula is C19H37NO6. The largest absolute Gasteiger partial charge is 0.544 e. The van der Waals surface area contributed by atoms with E-state index in [-0.39, 0.29) is 35.0 Å². The molecule has 7 nitrogen and oxygen atoms in total. The van der Waals surface area contributed by atoms with E-state index in [0.29, 0.717) is 13.0 Å². The van der Waals surface area contributed by atoms with Crippen LogP contribution in [-0.2, 0) is 23.9 Å². The minimum absolute atomic E-state index is 0.0886. The number of carboxylic acids is 1. The minimum atomic E-state index is -1.10. The van der Waals surface area contributed by atoms with Crippen LogP contribution in [0, 0.1) is 10.8 Å². The highest BCUT2D eigenvalue weighted by Gasteiger charge is 2.28. The molecule has 0 aliphatic carbocycles. The summed E-state index contributed by atoms with van der Waals surface area (Å²) in [5, 5.41) is 10.5. The molecule has 0 N–H and O–H groups in total. The topological polar surface area (TPSA) is 92.7 Å². The van der Waals surface area contributed by atoms with Gasteiger partial charge >= 0.3 is 11.9 Å². The summed E-state index contributed by atoms with van der Waals surface area (Å²) in [6.07, 6.45) is 1.53. The third kappa shape index (κ3) is 11.1. The number of carbonyl (C=O) groups is 3. The fourth-order valence-corrected chi connectivity index (χ4v) is 1.57. The van der Waals surface area contributed by atoms with E-state index < -0.39 is 11.4 Å². The summed E-state index contributed by atoms with van der Waals surface area (Å²) in [5.41, 5.74) is -0.791. The molecule has 26 heavy (non-hydrogen) atoms. The van der Waals surface area contributed by atoms with E-state index in [0.717, 1.165) is 6.42 Å². The summed E-state index contributed by atoms with van der Waals surface area (Å²) in [6.45, 7) is 11.9. The van der Waals surface area contributed by atoms with Crippen LogP contribution in [-0.4, -0.2) is 63.3 Å². The van der Waals surface area contributed by atoms with Crippen LogP contribution in [0.25, 0.3) is 0 Å². The molecule has 7 heteroatoms. The van der Waals surface area contributed by atoms with Crippen molar-refractivity contribution in [1.82, 2.24) is 0 Å². The molecule has 0 saturated carbocycles. The van der Waals surface area contributed by atoms with Gasteiger partial charge in [0, 0.05) is 0 Å². The quantitative estimate of drug-likeness (QED) is 0.447. The highest BCUT2D eigenvalue weighted by molar-refractivity contribution is 5.76. The number of carboxylic acid groups (broad SMARTS) is 1. The second-order valence-electron chi connectivity index (χ2n) is 8.29. The fourth-order valence-electron chi connectivity index (χ4n) is 1.57. The first kappa shape index (κ1) is 26.6. The first-order valence-corrected chi connectivity index (χ1v) is 8.92. The van der Waals surface area contributed by atoms with Crippen molar-refractivity contribution in [3.8, 4) is 0 Å². The van der Waals surface area contributed by atoms with Gasteiger partial charge in [-0.25, -0.2) is 0 Å². The van der Waals surface area contributed by atoms with Gasteiger partial charge in [0.2, 0.25) is 0 Å². The van der Waals surface area contributed by atoms with Gasteiger partial charge in [-0.05, 0) is 40.5 Å². The van der Waals surface area contributed by atoms with Crippen LogP contribution in [0.3, 0.4) is 0 Å². The summed E-state index contributed by atoms with van der Waals surface area (Å²) in [6, 6.07) is 0. The first-order valence-electron chi connectivity index (χ1n) is 8.92. The van der Waals surface area contributed by atoms with E-state index in [2.05, 4.69) is 4.74 Å². The van der Waals surface area contributed by atoms with E-state index in [4.69, 9.17) is 4.74 Å². The lowest BCUT2D eigenvalue weighted by molar-refractivity contribution is -0.884. The molecule has 0 amide bonds. The Morgan fingerprint density at radius 2 is 1.35 bits per heavy atom. The Morgan fingerprint density at radius 1 is 0.923 bits per heavy atom. The normalized spacial score (nSPS) is 11.9. The van der Waals surface area contributed by atoms with Crippen molar-refractivity contribution in [1.29, 1.82) is 0 Å². The smallest absolute Gasteiger partial charge is 0.311 e. The number of rotatable bonds is 9. The van der Waals surface area contributed by atoms with Crippen LogP contribution in [0.1, 0.15) is 54.4 Å². The average Bonchev–Trinajstić information content (AvgIpc) is 2.52. The molecule has 0 saturated heterocycles. The van der Waals surface area contributed by atoms with Crippen molar-refractivity contribution in [2.45, 2.75) is 54.4 Å². The Hall–Kier alpha value is -1.63. The molecule has 0 aliphatic rings. The molecule has 154 valence electrons. The van der Waals surface area contributed by atoms with Gasteiger partial charge in [-0.2, -0.15) is 0 Å². The molecule has 0 aromatic rings. The number of nitrogens with zero attached hydrogens (tertiary/aromatic N) is 1. The number of ether oxygens (including phenoxy) is 2. The Labute approximate surface area is 158 Å². The monoisotopic (exact) mass is 375 g/mol. The van der Waals surface area contributed by atoms with E-state index in [1.807, 2.05) is 41.5 Å². The van der Waals surface area contributed by atoms with Gasteiger partial charge in [0.25, 0.3) is 0 Å². The van der Waals surface area contributed by atoms with Crippen molar-refractivity contribution in [2.24, 2.45) is 10.8 Å². The first-order chi connectivity index (χ1) is 11.6. The predicted octanol–water partition coefficient (Wildman–Crippen LogP) is 1.39. The zero-order valence-electron chi connectivity index (χ0n) is 17.9. The highest BCUT2D eigenvalue weighted by Crippen LogP contribution is 2.21. The summed E-state index contributed by atoms with van der Waals surface area (Å²) < 4.78 is 9.95. The number of quaternary nitrogens is 1. The van der Waals surface area contributed by atoms with Crippen LogP contribution in [0.15, 0.2) is 0 Å². The van der Waals surface area contributed by atoms with Crippen LogP contribution in [0.5, 0.6) is 0 Å². The maximum atomic E-state index is 11.6. The van der Waals surface area contributed by atoms with Crippen molar-refractivity contribution in [2.75, 3.05) is 40.9 Å². The standard InChI is InChI=1S/C12H23NO4.C7H14O2/c1-6-12(2,3)11(16)17-8-7-13(4,5)9-10(14)15;1-5-7(2,3)6(8)9-4/h6-9H2,1-5H3;5H2,1-4H3. The van der Waals surface area contributed by atoms with Crippen molar-refractivity contribution < 1.29 is 33.4 Å². The number of likely N-dealkylation sites (N-methyl/N-ethyl adjacent to an activating group) is 1. The molecule has 0 atom stereocenters. The lowest BCUT2D eigenvalue weighted by atomic mass is 9.91. The van der Waals surface area contributed by atoms with Crippen molar-refractivity contribution in [3.63, 3.8) is 0 Å². The van der Waals surface area contributed by atoms with E-state index in [1.165, 1.54) is 7.11 Å². The van der Waals surface area contributed by atoms with Gasteiger partial charge in [0.05, 0.1) is 38.0 Å². The maximum Gasteiger partial charge on any atom is 0.311 e. The second-order valence-corrected chi connectivity index (χ2v) is 8.29. The van der Waals surface area contributed by atoms with E-state index in [1.54, 1.807) is 14.1 Å². The SMILES string of the molecule is CCC(C)(C)C(=O)OC.CCC(C)(C)C(=O)OCC[N+](C)(C)CC(=O)[O-]. The summed E-state index contributed by atoms with van der Waals surface area (Å²) in [4.78, 5) is 33.0. The number of carbonyl (C=O) groups excluding carboxylic acids is 3. The van der Waals surface area contributed by atoms with Gasteiger partial charge in [-0.1, -0.05) is 13.8 Å². The summed E-state index contributed by atoms with van der Waals surface area (Å²) in [7, 11) is 4.93. The minimum Gasteiger partial charge on any atom is -0.544 e. The number of esters is 2. The molecule has 0 heterocycles. The van der Waals surface area contributed by atoms with Crippen molar-refractivity contribution >= 4 is 17.9 Å². The Balaban J connectivity index is 0. The Bertz CT molecular complexity index is 469. The van der Waals surface area contributed by atoms with Crippen LogP contribution >= 0.6 is 0 Å². The fraction of sp³-hybridized carbons (Fsp3) is 0.842. The summed E-state index contributed by atoms with van der Waals surface area (Å²) in [5.74, 6) is -1.48. The zero-order chi connectivity index (χ0) is 21.2. The molecule has 0 fully saturated rings. The van der Waals surface area contributed by atoms with Gasteiger partial charge in [-0.15, -0.1) is 0 Å². The highest BCUT2D eigenvalue weighted by atomic mass is 16.5. The van der Waals surface area contributed by atoms with Crippen LogP contribution in [0.2, 0.25) is 0 Å². The molecule has 0 radical (unpaired) electrons. The van der Waals surface area contributed by atoms with E-state index in [9.17, 15) is 19.5 Å². The molecule has 0 rings (SSSR count). The lowest BCUT2D eigenvalue weighted by Crippen LogP contribution is -2.50. The zero-order valence-corrected chi connectivity index (χ0v) is 17.9. The van der Waals surface area contributed by atoms with E-state index >= 15 is 0 Å². The average molecular weight is 376 g/mol. The second kappa shape index (κ2) is 11.2. The molecular weight excluding hydrogens is 338 g/mol. The van der Waals surface area contributed by atoms with Gasteiger partial charge in [0.1, 0.15) is 19.7 Å². The molecule has 0 aromatic heterocycles. The molecule has 0 bridgehead atoms. The molecule has 0 spiro atoms. The number of methoxy groups -OCH3 is 1. The predicted molar refractivity (Wildman–Crippen MR) is 98.0 cm³/mol. The molecule has 0 aliphatic heterocycles. The van der Waals surface area contributed by atoms with Crippen LogP contribution in [0.4, 0.5) is 0 Å². The Morgan fingerprint density at radius 3 is 1.65 bits per heavy atom.